The van der Waals surface area contributed by atoms with E-state index in [2.05, 4.69) is 15.1 Å². The third-order valence-electron chi connectivity index (χ3n) is 4.35. The second-order valence-electron chi connectivity index (χ2n) is 6.34. The maximum Gasteiger partial charge on any atom is 0.254 e. The maximum atomic E-state index is 13.0. The number of nitrogens with zero attached hydrogens (tertiary/aromatic N) is 4. The second-order valence-corrected chi connectivity index (χ2v) is 7.22. The molecule has 0 aliphatic carbocycles. The van der Waals surface area contributed by atoms with E-state index in [1.807, 2.05) is 36.9 Å². The number of rotatable bonds is 3. The number of hydrogen-bond acceptors (Lipinski definition) is 6. The Morgan fingerprint density at radius 2 is 2.29 bits per heavy atom. The summed E-state index contributed by atoms with van der Waals surface area (Å²) < 4.78 is 6.45. The molecule has 1 unspecified atom stereocenters. The molecule has 0 N–H and O–H groups in total. The van der Waals surface area contributed by atoms with E-state index in [0.717, 1.165) is 23.1 Å². The number of benzene rings is 1. The van der Waals surface area contributed by atoms with Crippen LogP contribution in [0, 0.1) is 0 Å². The summed E-state index contributed by atoms with van der Waals surface area (Å²) in [7, 11) is 0. The van der Waals surface area contributed by atoms with E-state index in [1.54, 1.807) is 16.8 Å². The Bertz CT molecular complexity index is 885. The van der Waals surface area contributed by atoms with Crippen LogP contribution in [0.1, 0.15) is 60.7 Å². The van der Waals surface area contributed by atoms with Gasteiger partial charge in [0.1, 0.15) is 6.04 Å². The average molecular weight is 342 g/mol. The summed E-state index contributed by atoms with van der Waals surface area (Å²) in [5, 5.41) is 4.03. The summed E-state index contributed by atoms with van der Waals surface area (Å²) in [5.41, 5.74) is 3.40. The van der Waals surface area contributed by atoms with Gasteiger partial charge in [-0.05, 0) is 31.0 Å². The third kappa shape index (κ3) is 2.58. The molecule has 0 spiro atoms. The second kappa shape index (κ2) is 5.98. The molecule has 1 amide bonds. The van der Waals surface area contributed by atoms with Gasteiger partial charge in [-0.15, -0.1) is 11.3 Å². The van der Waals surface area contributed by atoms with Crippen LogP contribution in [0.2, 0.25) is 0 Å². The van der Waals surface area contributed by atoms with Gasteiger partial charge in [0.25, 0.3) is 5.91 Å². The highest BCUT2D eigenvalue weighted by Crippen LogP contribution is 2.33. The molecule has 1 aliphatic heterocycles. The average Bonchev–Trinajstić information content (AvgIpc) is 3.31. The highest BCUT2D eigenvalue weighted by molar-refractivity contribution is 7.16. The lowest BCUT2D eigenvalue weighted by Crippen LogP contribution is -2.30. The minimum atomic E-state index is -0.130. The summed E-state index contributed by atoms with van der Waals surface area (Å²) in [6, 6.07) is 5.52. The lowest BCUT2D eigenvalue weighted by atomic mass is 10.1. The van der Waals surface area contributed by atoms with Gasteiger partial charge in [0, 0.05) is 18.0 Å². The molecule has 0 radical (unpaired) electrons. The highest BCUT2D eigenvalue weighted by atomic mass is 32.1. The van der Waals surface area contributed by atoms with Crippen LogP contribution in [-0.4, -0.2) is 32.5 Å². The summed E-state index contributed by atoms with van der Waals surface area (Å²) in [4.78, 5) is 23.5. The molecule has 6 nitrogen and oxygen atoms in total. The van der Waals surface area contributed by atoms with Crippen molar-refractivity contribution in [1.82, 2.24) is 20.0 Å². The van der Waals surface area contributed by atoms with E-state index in [1.165, 1.54) is 0 Å². The van der Waals surface area contributed by atoms with E-state index >= 15 is 0 Å². The van der Waals surface area contributed by atoms with E-state index in [-0.39, 0.29) is 17.9 Å². The lowest BCUT2D eigenvalue weighted by molar-refractivity contribution is 0.0710. The van der Waals surface area contributed by atoms with Crippen molar-refractivity contribution < 1.29 is 9.32 Å². The molecule has 0 saturated carbocycles. The van der Waals surface area contributed by atoms with Crippen LogP contribution in [-0.2, 0) is 0 Å². The minimum absolute atomic E-state index is 0.0112. The number of thiazole rings is 1. The van der Waals surface area contributed by atoms with Crippen LogP contribution in [0.5, 0.6) is 0 Å². The first kappa shape index (κ1) is 15.3. The van der Waals surface area contributed by atoms with E-state index in [0.29, 0.717) is 23.8 Å². The van der Waals surface area contributed by atoms with Crippen molar-refractivity contribution in [3.05, 3.63) is 41.0 Å². The molecule has 124 valence electrons. The zero-order valence-electron chi connectivity index (χ0n) is 13.6. The van der Waals surface area contributed by atoms with Gasteiger partial charge in [0.2, 0.25) is 5.89 Å². The minimum Gasteiger partial charge on any atom is -0.337 e. The van der Waals surface area contributed by atoms with Crippen molar-refractivity contribution in [2.75, 3.05) is 6.54 Å². The van der Waals surface area contributed by atoms with Crippen molar-refractivity contribution in [2.24, 2.45) is 0 Å². The first-order valence-electron chi connectivity index (χ1n) is 8.11. The molecule has 1 fully saturated rings. The first-order valence-corrected chi connectivity index (χ1v) is 8.99. The van der Waals surface area contributed by atoms with Gasteiger partial charge in [-0.2, -0.15) is 4.98 Å². The molecular formula is C17H18N4O2S. The highest BCUT2D eigenvalue weighted by Gasteiger charge is 2.34. The molecule has 1 aliphatic rings. The number of aromatic nitrogens is 3. The van der Waals surface area contributed by atoms with Crippen LogP contribution in [0.3, 0.4) is 0 Å². The Morgan fingerprint density at radius 3 is 3.08 bits per heavy atom. The van der Waals surface area contributed by atoms with Gasteiger partial charge >= 0.3 is 0 Å². The van der Waals surface area contributed by atoms with Crippen LogP contribution < -0.4 is 0 Å². The molecule has 1 saturated heterocycles. The Labute approximate surface area is 143 Å². The smallest absolute Gasteiger partial charge is 0.254 e. The SMILES string of the molecule is CC(C)c1noc(C2CCCN2C(=O)c2ccc3ncsc3c2)n1. The van der Waals surface area contributed by atoms with Crippen molar-refractivity contribution in [2.45, 2.75) is 38.6 Å². The van der Waals surface area contributed by atoms with Crippen molar-refractivity contribution >= 4 is 27.5 Å². The molecule has 7 heteroatoms. The van der Waals surface area contributed by atoms with Gasteiger partial charge in [-0.3, -0.25) is 4.79 Å². The molecule has 2 aromatic heterocycles. The fraction of sp³-hybridized carbons (Fsp3) is 0.412. The van der Waals surface area contributed by atoms with Crippen molar-refractivity contribution in [3.8, 4) is 0 Å². The van der Waals surface area contributed by atoms with Gasteiger partial charge in [0.05, 0.1) is 15.7 Å². The standard InChI is InChI=1S/C17H18N4O2S/c1-10(2)15-19-16(23-20-15)13-4-3-7-21(13)17(22)11-5-6-12-14(8-11)24-9-18-12/h5-6,8-10,13H,3-4,7H2,1-2H3. The van der Waals surface area contributed by atoms with Crippen molar-refractivity contribution in [3.63, 3.8) is 0 Å². The van der Waals surface area contributed by atoms with Crippen LogP contribution >= 0.6 is 11.3 Å². The summed E-state index contributed by atoms with van der Waals surface area (Å²) in [5.74, 6) is 1.46. The Hall–Kier alpha value is -2.28. The monoisotopic (exact) mass is 342 g/mol. The lowest BCUT2D eigenvalue weighted by Gasteiger charge is -2.21. The Morgan fingerprint density at radius 1 is 1.42 bits per heavy atom. The predicted octanol–water partition coefficient (Wildman–Crippen LogP) is 3.78. The molecule has 3 aromatic rings. The summed E-state index contributed by atoms with van der Waals surface area (Å²) >= 11 is 1.54. The number of amides is 1. The zero-order chi connectivity index (χ0) is 16.7. The number of carbonyl (C=O) groups excluding carboxylic acids is 1. The fourth-order valence-electron chi connectivity index (χ4n) is 3.04. The van der Waals surface area contributed by atoms with Crippen LogP contribution in [0.15, 0.2) is 28.2 Å². The largest absolute Gasteiger partial charge is 0.337 e. The predicted molar refractivity (Wildman–Crippen MR) is 91.0 cm³/mol. The van der Waals surface area contributed by atoms with Crippen LogP contribution in [0.4, 0.5) is 0 Å². The van der Waals surface area contributed by atoms with E-state index < -0.39 is 0 Å². The number of carbonyl (C=O) groups is 1. The molecule has 0 bridgehead atoms. The third-order valence-corrected chi connectivity index (χ3v) is 5.14. The van der Waals surface area contributed by atoms with Gasteiger partial charge in [0.15, 0.2) is 5.82 Å². The molecular weight excluding hydrogens is 324 g/mol. The van der Waals surface area contributed by atoms with Gasteiger partial charge < -0.3 is 9.42 Å². The summed E-state index contributed by atoms with van der Waals surface area (Å²) in [6.07, 6.45) is 1.80. The summed E-state index contributed by atoms with van der Waals surface area (Å²) in [6.45, 7) is 4.76. The molecule has 4 rings (SSSR count). The molecule has 1 aromatic carbocycles. The number of hydrogen-bond donors (Lipinski definition) is 0. The van der Waals surface area contributed by atoms with E-state index in [4.69, 9.17) is 4.52 Å². The van der Waals surface area contributed by atoms with Crippen LogP contribution in [0.25, 0.3) is 10.2 Å². The van der Waals surface area contributed by atoms with Gasteiger partial charge in [-0.1, -0.05) is 19.0 Å². The van der Waals surface area contributed by atoms with Gasteiger partial charge in [-0.25, -0.2) is 4.98 Å². The Balaban J connectivity index is 1.62. The topological polar surface area (TPSA) is 72.1 Å². The normalized spacial score (nSPS) is 18.0. The Kier molecular flexibility index (Phi) is 3.80. The molecule has 1 atom stereocenters. The number of likely N-dealkylation sites (tertiary alicyclic amines) is 1. The zero-order valence-corrected chi connectivity index (χ0v) is 14.4. The molecule has 3 heterocycles. The maximum absolute atomic E-state index is 13.0. The van der Waals surface area contributed by atoms with E-state index in [9.17, 15) is 4.79 Å². The number of fused-ring (bicyclic) bond motifs is 1. The first-order chi connectivity index (χ1) is 11.6. The van der Waals surface area contributed by atoms with Crippen molar-refractivity contribution in [1.29, 1.82) is 0 Å². The quantitative estimate of drug-likeness (QED) is 0.724. The molecule has 24 heavy (non-hydrogen) atoms. The fourth-order valence-corrected chi connectivity index (χ4v) is 3.75.